The van der Waals surface area contributed by atoms with Crippen LogP contribution in [0.4, 0.5) is 0 Å². The monoisotopic (exact) mass is 304 g/mol. The van der Waals surface area contributed by atoms with Gasteiger partial charge in [0, 0.05) is 24.1 Å². The molecule has 90 valence electrons. The Labute approximate surface area is 112 Å². The van der Waals surface area contributed by atoms with E-state index in [4.69, 9.17) is 0 Å². The second-order valence-electron chi connectivity index (χ2n) is 4.01. The Morgan fingerprint density at radius 3 is 2.62 bits per heavy atom. The van der Waals surface area contributed by atoms with Crippen LogP contribution in [-0.2, 0) is 6.54 Å². The van der Waals surface area contributed by atoms with Crippen molar-refractivity contribution in [3.63, 3.8) is 0 Å². The minimum absolute atomic E-state index is 0. The van der Waals surface area contributed by atoms with E-state index in [-0.39, 0.29) is 12.4 Å². The maximum absolute atomic E-state index is 3.46. The zero-order valence-corrected chi connectivity index (χ0v) is 11.7. The van der Waals surface area contributed by atoms with Crippen LogP contribution in [-0.4, -0.2) is 31.1 Å². The van der Waals surface area contributed by atoms with Gasteiger partial charge in [-0.15, -0.1) is 12.4 Å². The van der Waals surface area contributed by atoms with Gasteiger partial charge in [0.15, 0.2) is 0 Å². The summed E-state index contributed by atoms with van der Waals surface area (Å²) in [6.45, 7) is 5.74. The minimum atomic E-state index is 0. The molecule has 1 fully saturated rings. The predicted molar refractivity (Wildman–Crippen MR) is 74.2 cm³/mol. The van der Waals surface area contributed by atoms with E-state index in [1.807, 2.05) is 0 Å². The fraction of sp³-hybridized carbons (Fsp3) is 0.500. The van der Waals surface area contributed by atoms with E-state index in [0.717, 1.165) is 30.7 Å². The average Bonchev–Trinajstić information content (AvgIpc) is 2.50. The fourth-order valence-corrected chi connectivity index (χ4v) is 2.17. The molecule has 0 saturated carbocycles. The van der Waals surface area contributed by atoms with Crippen molar-refractivity contribution in [2.75, 3.05) is 26.2 Å². The van der Waals surface area contributed by atoms with Crippen LogP contribution in [0.5, 0.6) is 0 Å². The average molecular weight is 306 g/mol. The second kappa shape index (κ2) is 7.28. The molecule has 2 nitrogen and oxygen atoms in total. The summed E-state index contributed by atoms with van der Waals surface area (Å²) in [5.41, 5.74) is 1.40. The van der Waals surface area contributed by atoms with Gasteiger partial charge in [0.05, 0.1) is 0 Å². The second-order valence-corrected chi connectivity index (χ2v) is 4.92. The quantitative estimate of drug-likeness (QED) is 0.904. The van der Waals surface area contributed by atoms with Gasteiger partial charge in [-0.05, 0) is 37.2 Å². The molecule has 1 aromatic carbocycles. The van der Waals surface area contributed by atoms with Gasteiger partial charge in [0.25, 0.3) is 0 Å². The van der Waals surface area contributed by atoms with Crippen LogP contribution in [0.15, 0.2) is 28.7 Å². The number of nitrogens with zero attached hydrogens (tertiary/aromatic N) is 1. The zero-order valence-electron chi connectivity index (χ0n) is 9.29. The Morgan fingerprint density at radius 2 is 1.88 bits per heavy atom. The molecule has 1 heterocycles. The van der Waals surface area contributed by atoms with Crippen LogP contribution < -0.4 is 5.32 Å². The molecule has 1 aromatic rings. The predicted octanol–water partition coefficient (Wildman–Crippen LogP) is 2.67. The normalized spacial score (nSPS) is 17.6. The molecule has 0 spiro atoms. The van der Waals surface area contributed by atoms with Crippen molar-refractivity contribution >= 4 is 28.3 Å². The van der Waals surface area contributed by atoms with Gasteiger partial charge >= 0.3 is 0 Å². The van der Waals surface area contributed by atoms with Crippen molar-refractivity contribution in [2.45, 2.75) is 13.0 Å². The van der Waals surface area contributed by atoms with Gasteiger partial charge in [0.1, 0.15) is 0 Å². The molecule has 0 aromatic heterocycles. The molecule has 1 saturated heterocycles. The van der Waals surface area contributed by atoms with E-state index >= 15 is 0 Å². The summed E-state index contributed by atoms with van der Waals surface area (Å²) >= 11 is 3.46. The summed E-state index contributed by atoms with van der Waals surface area (Å²) in [6.07, 6.45) is 1.26. The molecule has 0 unspecified atom stereocenters. The minimum Gasteiger partial charge on any atom is -0.315 e. The molecule has 0 atom stereocenters. The number of hydrogen-bond acceptors (Lipinski definition) is 2. The van der Waals surface area contributed by atoms with Crippen molar-refractivity contribution in [1.82, 2.24) is 10.2 Å². The molecule has 2 rings (SSSR count). The van der Waals surface area contributed by atoms with Crippen molar-refractivity contribution in [1.29, 1.82) is 0 Å². The van der Waals surface area contributed by atoms with E-state index in [1.54, 1.807) is 0 Å². The summed E-state index contributed by atoms with van der Waals surface area (Å²) in [7, 11) is 0. The van der Waals surface area contributed by atoms with E-state index in [9.17, 15) is 0 Å². The first-order valence-corrected chi connectivity index (χ1v) is 6.31. The molecule has 1 aliphatic rings. The first kappa shape index (κ1) is 14.0. The first-order chi connectivity index (χ1) is 7.34. The standard InChI is InChI=1S/C12H17BrN2.ClH/c13-12-4-2-11(3-5-12)10-15-8-1-6-14-7-9-15;/h2-5,14H,1,6-10H2;1H. The van der Waals surface area contributed by atoms with Crippen molar-refractivity contribution in [2.24, 2.45) is 0 Å². The lowest BCUT2D eigenvalue weighted by molar-refractivity contribution is 0.284. The third-order valence-corrected chi connectivity index (χ3v) is 3.28. The molecule has 16 heavy (non-hydrogen) atoms. The van der Waals surface area contributed by atoms with Gasteiger partial charge < -0.3 is 5.32 Å². The first-order valence-electron chi connectivity index (χ1n) is 5.52. The van der Waals surface area contributed by atoms with E-state index in [1.165, 1.54) is 18.5 Å². The van der Waals surface area contributed by atoms with Gasteiger partial charge in [0.2, 0.25) is 0 Å². The highest BCUT2D eigenvalue weighted by Crippen LogP contribution is 2.12. The number of rotatable bonds is 2. The summed E-state index contributed by atoms with van der Waals surface area (Å²) in [5.74, 6) is 0. The van der Waals surface area contributed by atoms with Gasteiger partial charge in [-0.25, -0.2) is 0 Å². The van der Waals surface area contributed by atoms with E-state index in [0.29, 0.717) is 0 Å². The zero-order chi connectivity index (χ0) is 10.5. The topological polar surface area (TPSA) is 15.3 Å². The van der Waals surface area contributed by atoms with E-state index < -0.39 is 0 Å². The highest BCUT2D eigenvalue weighted by atomic mass is 79.9. The number of benzene rings is 1. The van der Waals surface area contributed by atoms with Crippen molar-refractivity contribution in [3.8, 4) is 0 Å². The smallest absolute Gasteiger partial charge is 0.0234 e. The van der Waals surface area contributed by atoms with Crippen LogP contribution in [0.3, 0.4) is 0 Å². The lowest BCUT2D eigenvalue weighted by Gasteiger charge is -2.19. The van der Waals surface area contributed by atoms with Gasteiger partial charge in [-0.1, -0.05) is 28.1 Å². The summed E-state index contributed by atoms with van der Waals surface area (Å²) in [6, 6.07) is 8.63. The van der Waals surface area contributed by atoms with Crippen molar-refractivity contribution in [3.05, 3.63) is 34.3 Å². The number of hydrogen-bond donors (Lipinski definition) is 1. The molecule has 0 aliphatic carbocycles. The van der Waals surface area contributed by atoms with Gasteiger partial charge in [-0.2, -0.15) is 0 Å². The Balaban J connectivity index is 0.00000128. The number of halogens is 2. The van der Waals surface area contributed by atoms with Crippen LogP contribution in [0.1, 0.15) is 12.0 Å². The fourth-order valence-electron chi connectivity index (χ4n) is 1.91. The maximum Gasteiger partial charge on any atom is 0.0234 e. The Bertz CT molecular complexity index is 294. The third kappa shape index (κ3) is 4.42. The SMILES string of the molecule is Brc1ccc(CN2CCCNCC2)cc1.Cl. The Kier molecular flexibility index (Phi) is 6.36. The highest BCUT2D eigenvalue weighted by molar-refractivity contribution is 9.10. The van der Waals surface area contributed by atoms with Crippen LogP contribution in [0, 0.1) is 0 Å². The molecule has 4 heteroatoms. The molecule has 0 radical (unpaired) electrons. The van der Waals surface area contributed by atoms with Gasteiger partial charge in [-0.3, -0.25) is 4.90 Å². The molecular formula is C12H18BrClN2. The largest absolute Gasteiger partial charge is 0.315 e. The Morgan fingerprint density at radius 1 is 1.12 bits per heavy atom. The molecular weight excluding hydrogens is 288 g/mol. The highest BCUT2D eigenvalue weighted by Gasteiger charge is 2.08. The molecule has 0 bridgehead atoms. The van der Waals surface area contributed by atoms with Crippen molar-refractivity contribution < 1.29 is 0 Å². The lowest BCUT2D eigenvalue weighted by atomic mass is 10.2. The molecule has 1 aliphatic heterocycles. The van der Waals surface area contributed by atoms with Crippen LogP contribution in [0.2, 0.25) is 0 Å². The van der Waals surface area contributed by atoms with E-state index in [2.05, 4.69) is 50.4 Å². The Hall–Kier alpha value is -0.0900. The van der Waals surface area contributed by atoms with Crippen LogP contribution >= 0.6 is 28.3 Å². The lowest BCUT2D eigenvalue weighted by Crippen LogP contribution is -2.27. The molecule has 0 amide bonds. The summed E-state index contributed by atoms with van der Waals surface area (Å²) in [5, 5.41) is 3.42. The summed E-state index contributed by atoms with van der Waals surface area (Å²) < 4.78 is 1.16. The maximum atomic E-state index is 3.46. The van der Waals surface area contributed by atoms with Crippen LogP contribution in [0.25, 0.3) is 0 Å². The number of nitrogens with one attached hydrogen (secondary N) is 1. The third-order valence-electron chi connectivity index (χ3n) is 2.75. The molecule has 1 N–H and O–H groups in total. The summed E-state index contributed by atoms with van der Waals surface area (Å²) in [4.78, 5) is 2.52.